The second-order valence-electron chi connectivity index (χ2n) is 10.4. The average Bonchev–Trinajstić information content (AvgIpc) is 3.49. The molecule has 2 unspecified atom stereocenters. The van der Waals surface area contributed by atoms with Crippen molar-refractivity contribution in [3.63, 3.8) is 0 Å². The van der Waals surface area contributed by atoms with Crippen LogP contribution in [0.25, 0.3) is 5.69 Å². The molecule has 0 radical (unpaired) electrons. The molecule has 2 fully saturated rings. The summed E-state index contributed by atoms with van der Waals surface area (Å²) in [4.78, 5) is 34.6. The topological polar surface area (TPSA) is 67.7 Å². The third-order valence-electron chi connectivity index (χ3n) is 8.13. The van der Waals surface area contributed by atoms with Crippen LogP contribution in [-0.2, 0) is 9.59 Å². The standard InChI is InChI=1S/C29H32F2N4O3/c1-18-14-34(17-32-18)26-7-6-21(12-27(26)38-4)25-15-33(20(3)36)16-29(25)8-5-9-35(28(29)37)19(2)22-10-23(30)13-24(31)11-22/h6-7,10-14,17,19,25H,5,8-9,15-16H2,1-4H3/t19-,25?,29?/m0/s1. The molecule has 0 aliphatic carbocycles. The lowest BCUT2D eigenvalue weighted by molar-refractivity contribution is -0.149. The van der Waals surface area contributed by atoms with Crippen LogP contribution in [0.15, 0.2) is 48.9 Å². The number of carbonyl (C=O) groups is 2. The first-order valence-corrected chi connectivity index (χ1v) is 12.8. The number of rotatable bonds is 5. The van der Waals surface area contributed by atoms with Crippen LogP contribution in [0.1, 0.15) is 55.5 Å². The Morgan fingerprint density at radius 1 is 1.18 bits per heavy atom. The van der Waals surface area contributed by atoms with Crippen molar-refractivity contribution < 1.29 is 23.1 Å². The van der Waals surface area contributed by atoms with E-state index in [1.54, 1.807) is 30.2 Å². The number of aromatic nitrogens is 2. The van der Waals surface area contributed by atoms with Gasteiger partial charge in [-0.05, 0) is 62.1 Å². The van der Waals surface area contributed by atoms with Crippen molar-refractivity contribution in [1.29, 1.82) is 0 Å². The van der Waals surface area contributed by atoms with E-state index >= 15 is 0 Å². The summed E-state index contributed by atoms with van der Waals surface area (Å²) in [5, 5.41) is 0. The summed E-state index contributed by atoms with van der Waals surface area (Å²) in [6.45, 7) is 6.42. The van der Waals surface area contributed by atoms with E-state index in [-0.39, 0.29) is 17.7 Å². The van der Waals surface area contributed by atoms with Crippen LogP contribution in [0.4, 0.5) is 8.78 Å². The molecule has 38 heavy (non-hydrogen) atoms. The molecular formula is C29H32F2N4O3. The Hall–Kier alpha value is -3.75. The van der Waals surface area contributed by atoms with E-state index < -0.39 is 23.1 Å². The number of likely N-dealkylation sites (tertiary alicyclic amines) is 2. The van der Waals surface area contributed by atoms with E-state index in [2.05, 4.69) is 4.98 Å². The van der Waals surface area contributed by atoms with Gasteiger partial charge in [-0.25, -0.2) is 13.8 Å². The van der Waals surface area contributed by atoms with E-state index in [9.17, 15) is 18.4 Å². The van der Waals surface area contributed by atoms with Crippen molar-refractivity contribution in [2.45, 2.75) is 45.6 Å². The van der Waals surface area contributed by atoms with Crippen molar-refractivity contribution in [1.82, 2.24) is 19.4 Å². The molecule has 0 saturated carbocycles. The Morgan fingerprint density at radius 2 is 1.92 bits per heavy atom. The van der Waals surface area contributed by atoms with Crippen molar-refractivity contribution in [3.05, 3.63) is 77.4 Å². The number of nitrogens with zero attached hydrogens (tertiary/aromatic N) is 4. The van der Waals surface area contributed by atoms with Crippen molar-refractivity contribution >= 4 is 11.8 Å². The molecule has 2 aliphatic heterocycles. The van der Waals surface area contributed by atoms with E-state index in [1.165, 1.54) is 19.1 Å². The van der Waals surface area contributed by atoms with Gasteiger partial charge in [0, 0.05) is 44.7 Å². The third kappa shape index (κ3) is 4.44. The number of hydrogen-bond acceptors (Lipinski definition) is 4. The Balaban J connectivity index is 1.54. The molecule has 2 amide bonds. The van der Waals surface area contributed by atoms with Crippen LogP contribution in [0, 0.1) is 24.0 Å². The van der Waals surface area contributed by atoms with Gasteiger partial charge in [-0.1, -0.05) is 6.07 Å². The molecular weight excluding hydrogens is 490 g/mol. The Bertz CT molecular complexity index is 1370. The van der Waals surface area contributed by atoms with Gasteiger partial charge in [-0.3, -0.25) is 9.59 Å². The second kappa shape index (κ2) is 9.85. The van der Waals surface area contributed by atoms with Crippen LogP contribution in [0.5, 0.6) is 5.75 Å². The largest absolute Gasteiger partial charge is 0.495 e. The van der Waals surface area contributed by atoms with Gasteiger partial charge >= 0.3 is 0 Å². The van der Waals surface area contributed by atoms with Crippen molar-refractivity contribution in [3.8, 4) is 11.4 Å². The molecule has 9 heteroatoms. The number of aryl methyl sites for hydroxylation is 1. The minimum atomic E-state index is -0.845. The molecule has 3 heterocycles. The smallest absolute Gasteiger partial charge is 0.231 e. The third-order valence-corrected chi connectivity index (χ3v) is 8.13. The van der Waals surface area contributed by atoms with Gasteiger partial charge in [0.05, 0.1) is 36.3 Å². The van der Waals surface area contributed by atoms with E-state index in [0.717, 1.165) is 29.4 Å². The number of imidazole rings is 1. The highest BCUT2D eigenvalue weighted by molar-refractivity contribution is 5.87. The fourth-order valence-corrected chi connectivity index (χ4v) is 6.15. The number of piperidine rings is 1. The quantitative estimate of drug-likeness (QED) is 0.484. The number of hydrogen-bond donors (Lipinski definition) is 0. The highest BCUT2D eigenvalue weighted by Gasteiger charge is 2.56. The van der Waals surface area contributed by atoms with E-state index in [4.69, 9.17) is 4.74 Å². The summed E-state index contributed by atoms with van der Waals surface area (Å²) in [6.07, 6.45) is 4.97. The van der Waals surface area contributed by atoms with Gasteiger partial charge in [0.1, 0.15) is 17.4 Å². The molecule has 0 bridgehead atoms. The molecule has 2 aliphatic rings. The zero-order valence-corrected chi connectivity index (χ0v) is 22.1. The van der Waals surface area contributed by atoms with Gasteiger partial charge in [-0.2, -0.15) is 0 Å². The fraction of sp³-hybridized carbons (Fsp3) is 0.414. The molecule has 2 saturated heterocycles. The zero-order valence-electron chi connectivity index (χ0n) is 22.1. The predicted molar refractivity (Wildman–Crippen MR) is 138 cm³/mol. The average molecular weight is 523 g/mol. The molecule has 3 atom stereocenters. The second-order valence-corrected chi connectivity index (χ2v) is 10.4. The van der Waals surface area contributed by atoms with Crippen molar-refractivity contribution in [2.75, 3.05) is 26.7 Å². The van der Waals surface area contributed by atoms with Gasteiger partial charge in [0.15, 0.2) is 0 Å². The fourth-order valence-electron chi connectivity index (χ4n) is 6.15. The number of amides is 2. The van der Waals surface area contributed by atoms with Gasteiger partial charge in [0.25, 0.3) is 0 Å². The zero-order chi connectivity index (χ0) is 27.2. The minimum absolute atomic E-state index is 0.0884. The highest BCUT2D eigenvalue weighted by Crippen LogP contribution is 2.51. The van der Waals surface area contributed by atoms with Gasteiger partial charge < -0.3 is 19.1 Å². The lowest BCUT2D eigenvalue weighted by Gasteiger charge is -2.45. The maximum absolute atomic E-state index is 14.3. The predicted octanol–water partition coefficient (Wildman–Crippen LogP) is 4.78. The first-order chi connectivity index (χ1) is 18.1. The highest BCUT2D eigenvalue weighted by atomic mass is 19.1. The van der Waals surface area contributed by atoms with Crippen LogP contribution < -0.4 is 4.74 Å². The normalized spacial score (nSPS) is 22.3. The summed E-state index contributed by atoms with van der Waals surface area (Å²) >= 11 is 0. The Kier molecular flexibility index (Phi) is 6.71. The SMILES string of the molecule is COc1cc(C2CN(C(C)=O)CC23CCCN([C@@H](C)c2cc(F)cc(F)c2)C3=O)ccc1-n1cnc(C)c1. The summed E-state index contributed by atoms with van der Waals surface area (Å²) in [7, 11) is 1.60. The summed E-state index contributed by atoms with van der Waals surface area (Å²) in [6, 6.07) is 8.74. The van der Waals surface area contributed by atoms with Gasteiger partial charge in [0.2, 0.25) is 11.8 Å². The van der Waals surface area contributed by atoms with Crippen LogP contribution in [0.3, 0.4) is 0 Å². The van der Waals surface area contributed by atoms with E-state index in [0.29, 0.717) is 37.4 Å². The first kappa shape index (κ1) is 25.9. The number of benzene rings is 2. The summed E-state index contributed by atoms with van der Waals surface area (Å²) < 4.78 is 35.6. The molecule has 7 nitrogen and oxygen atoms in total. The molecule has 1 aromatic heterocycles. The van der Waals surface area contributed by atoms with Crippen LogP contribution in [-0.4, -0.2) is 57.9 Å². The molecule has 0 N–H and O–H groups in total. The van der Waals surface area contributed by atoms with Crippen LogP contribution >= 0.6 is 0 Å². The molecule has 3 aromatic rings. The minimum Gasteiger partial charge on any atom is -0.495 e. The number of halogens is 2. The maximum Gasteiger partial charge on any atom is 0.231 e. The monoisotopic (exact) mass is 522 g/mol. The van der Waals surface area contributed by atoms with Crippen molar-refractivity contribution in [2.24, 2.45) is 5.41 Å². The summed E-state index contributed by atoms with van der Waals surface area (Å²) in [5.74, 6) is -1.15. The number of ether oxygens (including phenoxy) is 1. The molecule has 1 spiro atoms. The molecule has 2 aromatic carbocycles. The van der Waals surface area contributed by atoms with E-state index in [1.807, 2.05) is 35.9 Å². The number of methoxy groups -OCH3 is 1. The lowest BCUT2D eigenvalue weighted by Crippen LogP contribution is -2.53. The number of carbonyl (C=O) groups excluding carboxylic acids is 2. The maximum atomic E-state index is 14.3. The molecule has 5 rings (SSSR count). The van der Waals surface area contributed by atoms with Crippen LogP contribution in [0.2, 0.25) is 0 Å². The Labute approximate surface area is 221 Å². The summed E-state index contributed by atoms with van der Waals surface area (Å²) in [5.41, 5.74) is 2.18. The Morgan fingerprint density at radius 3 is 2.55 bits per heavy atom. The molecule has 200 valence electrons. The van der Waals surface area contributed by atoms with Gasteiger partial charge in [-0.15, -0.1) is 0 Å². The first-order valence-electron chi connectivity index (χ1n) is 12.8. The lowest BCUT2D eigenvalue weighted by atomic mass is 9.68.